The van der Waals surface area contributed by atoms with Crippen molar-refractivity contribution >= 4 is 40.0 Å². The molecule has 0 radical (unpaired) electrons. The first-order valence-corrected chi connectivity index (χ1v) is 8.38. The van der Waals surface area contributed by atoms with Crippen molar-refractivity contribution in [2.45, 2.75) is 24.7 Å². The van der Waals surface area contributed by atoms with Gasteiger partial charge in [-0.3, -0.25) is 14.5 Å². The molecule has 0 bridgehead atoms. The SMILES string of the molecule is COc1ccc(N2C(=O)[C@@](O)(/C(=C\I)C(C)=O)[C@@H]2[C@H](O)CO)cc1. The number of hydrogen-bond acceptors (Lipinski definition) is 6. The number of Topliss-reactive ketones (excluding diaryl/α,β-unsaturated/α-hetero) is 1. The van der Waals surface area contributed by atoms with Crippen LogP contribution in [0.25, 0.3) is 0 Å². The molecule has 8 heteroatoms. The van der Waals surface area contributed by atoms with E-state index in [1.165, 1.54) is 23.0 Å². The lowest BCUT2D eigenvalue weighted by Crippen LogP contribution is -2.79. The summed E-state index contributed by atoms with van der Waals surface area (Å²) in [6.45, 7) is 0.563. The molecule has 130 valence electrons. The third kappa shape index (κ3) is 2.83. The maximum atomic E-state index is 12.6. The van der Waals surface area contributed by atoms with Crippen molar-refractivity contribution in [2.75, 3.05) is 18.6 Å². The van der Waals surface area contributed by atoms with Crippen molar-refractivity contribution in [3.63, 3.8) is 0 Å². The van der Waals surface area contributed by atoms with Gasteiger partial charge in [0.25, 0.3) is 5.91 Å². The molecule has 2 rings (SSSR count). The van der Waals surface area contributed by atoms with Crippen LogP contribution in [0.1, 0.15) is 6.92 Å². The van der Waals surface area contributed by atoms with E-state index in [0.717, 1.165) is 0 Å². The second kappa shape index (κ2) is 7.18. The number of nitrogens with zero attached hydrogens (tertiary/aromatic N) is 1. The van der Waals surface area contributed by atoms with Gasteiger partial charge < -0.3 is 20.1 Å². The largest absolute Gasteiger partial charge is 0.497 e. The highest BCUT2D eigenvalue weighted by Crippen LogP contribution is 2.43. The van der Waals surface area contributed by atoms with Crippen LogP contribution in [-0.2, 0) is 9.59 Å². The Morgan fingerprint density at radius 1 is 1.46 bits per heavy atom. The molecular formula is C16H18INO6. The smallest absolute Gasteiger partial charge is 0.266 e. The number of ketones is 1. The summed E-state index contributed by atoms with van der Waals surface area (Å²) in [5.41, 5.74) is -1.87. The minimum atomic E-state index is -2.17. The highest BCUT2D eigenvalue weighted by atomic mass is 127. The molecule has 1 aliphatic heterocycles. The fourth-order valence-corrected chi connectivity index (χ4v) is 3.74. The second-order valence-corrected chi connectivity index (χ2v) is 6.04. The van der Waals surface area contributed by atoms with Gasteiger partial charge in [0, 0.05) is 11.3 Å². The average molecular weight is 447 g/mol. The van der Waals surface area contributed by atoms with Crippen molar-refractivity contribution < 1.29 is 29.6 Å². The zero-order valence-corrected chi connectivity index (χ0v) is 15.3. The molecule has 1 aromatic carbocycles. The van der Waals surface area contributed by atoms with E-state index >= 15 is 0 Å². The lowest BCUT2D eigenvalue weighted by molar-refractivity contribution is -0.157. The van der Waals surface area contributed by atoms with Gasteiger partial charge in [-0.25, -0.2) is 0 Å². The van der Waals surface area contributed by atoms with Gasteiger partial charge in [0.2, 0.25) is 0 Å². The number of benzene rings is 1. The Hall–Kier alpha value is -1.49. The number of carbonyl (C=O) groups excluding carboxylic acids is 2. The number of amides is 1. The first-order chi connectivity index (χ1) is 11.3. The van der Waals surface area contributed by atoms with Crippen LogP contribution in [0, 0.1) is 0 Å². The molecule has 3 N–H and O–H groups in total. The summed E-state index contributed by atoms with van der Waals surface area (Å²) in [5.74, 6) is -0.633. The molecule has 1 aliphatic rings. The molecule has 1 fully saturated rings. The second-order valence-electron chi connectivity index (χ2n) is 5.41. The van der Waals surface area contributed by atoms with E-state index in [9.17, 15) is 24.9 Å². The number of hydrogen-bond donors (Lipinski definition) is 3. The summed E-state index contributed by atoms with van der Waals surface area (Å²) >= 11 is 1.76. The van der Waals surface area contributed by atoms with Crippen molar-refractivity contribution in [3.8, 4) is 5.75 Å². The molecule has 24 heavy (non-hydrogen) atoms. The number of carbonyl (C=O) groups is 2. The van der Waals surface area contributed by atoms with Crippen LogP contribution < -0.4 is 9.64 Å². The number of β-lactam (4-membered cyclic amide) rings is 1. The van der Waals surface area contributed by atoms with Crippen LogP contribution in [0.4, 0.5) is 5.69 Å². The van der Waals surface area contributed by atoms with Gasteiger partial charge in [0.15, 0.2) is 11.4 Å². The molecule has 0 spiro atoms. The Balaban J connectivity index is 2.47. The predicted molar refractivity (Wildman–Crippen MR) is 95.1 cm³/mol. The third-order valence-electron chi connectivity index (χ3n) is 4.05. The van der Waals surface area contributed by atoms with E-state index in [1.807, 2.05) is 0 Å². The number of anilines is 1. The number of ether oxygens (including phenoxy) is 1. The van der Waals surface area contributed by atoms with Gasteiger partial charge in [-0.15, -0.1) is 0 Å². The Morgan fingerprint density at radius 3 is 2.46 bits per heavy atom. The summed E-state index contributed by atoms with van der Waals surface area (Å²) in [7, 11) is 1.51. The summed E-state index contributed by atoms with van der Waals surface area (Å²) < 4.78 is 6.37. The van der Waals surface area contributed by atoms with Crippen LogP contribution in [0.2, 0.25) is 0 Å². The molecule has 1 aromatic rings. The van der Waals surface area contributed by atoms with Gasteiger partial charge in [0.05, 0.1) is 13.7 Å². The third-order valence-corrected chi connectivity index (χ3v) is 4.68. The molecule has 1 heterocycles. The minimum Gasteiger partial charge on any atom is -0.497 e. The average Bonchev–Trinajstić information content (AvgIpc) is 2.58. The van der Waals surface area contributed by atoms with E-state index in [0.29, 0.717) is 11.4 Å². The Bertz CT molecular complexity index is 674. The van der Waals surface area contributed by atoms with Crippen LogP contribution in [0.5, 0.6) is 5.75 Å². The summed E-state index contributed by atoms with van der Waals surface area (Å²) in [4.78, 5) is 25.6. The first kappa shape index (κ1) is 18.8. The van der Waals surface area contributed by atoms with Gasteiger partial charge in [-0.05, 0) is 35.3 Å². The maximum absolute atomic E-state index is 12.6. The molecule has 0 aromatic heterocycles. The lowest BCUT2D eigenvalue weighted by atomic mass is 9.72. The highest BCUT2D eigenvalue weighted by molar-refractivity contribution is 14.1. The van der Waals surface area contributed by atoms with Gasteiger partial charge in [-0.1, -0.05) is 22.6 Å². The molecule has 0 saturated carbocycles. The van der Waals surface area contributed by atoms with E-state index in [2.05, 4.69) is 0 Å². The summed E-state index contributed by atoms with van der Waals surface area (Å²) in [6.07, 6.45) is -1.42. The normalized spacial score (nSPS) is 25.2. The molecular weight excluding hydrogens is 429 g/mol. The summed E-state index contributed by atoms with van der Waals surface area (Å²) in [5, 5.41) is 30.2. The van der Waals surface area contributed by atoms with Gasteiger partial charge >= 0.3 is 0 Å². The number of aliphatic hydroxyl groups is 3. The van der Waals surface area contributed by atoms with E-state index in [-0.39, 0.29) is 5.57 Å². The number of aliphatic hydroxyl groups excluding tert-OH is 2. The molecule has 7 nitrogen and oxygen atoms in total. The number of rotatable bonds is 6. The predicted octanol–water partition coefficient (Wildman–Crippen LogP) is 0.403. The fraction of sp³-hybridized carbons (Fsp3) is 0.375. The zero-order chi connectivity index (χ0) is 18.1. The number of methoxy groups -OCH3 is 1. The molecule has 1 saturated heterocycles. The van der Waals surface area contributed by atoms with E-state index < -0.39 is 36.0 Å². The topological polar surface area (TPSA) is 107 Å². The standard InChI is InChI=1S/C16H18INO6/c1-9(20)12(7-17)16(23)14(13(21)8-19)18(15(16)22)10-3-5-11(24-2)6-4-10/h3-7,13-14,19,21,23H,8H2,1-2H3/b12-7-/t13-,14+,16-/m1/s1. The van der Waals surface area contributed by atoms with Crippen molar-refractivity contribution in [2.24, 2.45) is 0 Å². The van der Waals surface area contributed by atoms with Crippen molar-refractivity contribution in [1.82, 2.24) is 0 Å². The molecule has 3 atom stereocenters. The van der Waals surface area contributed by atoms with Crippen LogP contribution >= 0.6 is 22.6 Å². The Labute approximate surface area is 152 Å². The van der Waals surface area contributed by atoms with Crippen LogP contribution in [0.3, 0.4) is 0 Å². The van der Waals surface area contributed by atoms with Gasteiger partial charge in [-0.2, -0.15) is 0 Å². The maximum Gasteiger partial charge on any atom is 0.266 e. The number of halogens is 1. The van der Waals surface area contributed by atoms with Crippen molar-refractivity contribution in [1.29, 1.82) is 0 Å². The zero-order valence-electron chi connectivity index (χ0n) is 13.1. The van der Waals surface area contributed by atoms with Crippen molar-refractivity contribution in [3.05, 3.63) is 33.9 Å². The Kier molecular flexibility index (Phi) is 5.63. The molecule has 0 aliphatic carbocycles. The minimum absolute atomic E-state index is 0.115. The highest BCUT2D eigenvalue weighted by Gasteiger charge is 2.65. The van der Waals surface area contributed by atoms with E-state index in [4.69, 9.17) is 4.74 Å². The van der Waals surface area contributed by atoms with Crippen LogP contribution in [0.15, 0.2) is 33.9 Å². The first-order valence-electron chi connectivity index (χ1n) is 7.13. The van der Waals surface area contributed by atoms with Crippen LogP contribution in [-0.4, -0.2) is 58.5 Å². The fourth-order valence-electron chi connectivity index (χ4n) is 2.83. The summed E-state index contributed by atoms with van der Waals surface area (Å²) in [6, 6.07) is 5.27. The Morgan fingerprint density at radius 2 is 2.04 bits per heavy atom. The van der Waals surface area contributed by atoms with E-state index in [1.54, 1.807) is 46.9 Å². The molecule has 1 amide bonds. The monoisotopic (exact) mass is 447 g/mol. The van der Waals surface area contributed by atoms with Gasteiger partial charge in [0.1, 0.15) is 17.9 Å². The quantitative estimate of drug-likeness (QED) is 0.331. The lowest BCUT2D eigenvalue weighted by Gasteiger charge is -2.54. The molecule has 0 unspecified atom stereocenters.